The molecule has 2 aliphatic carbocycles. The summed E-state index contributed by atoms with van der Waals surface area (Å²) >= 11 is 0. The molecular weight excluding hydrogens is 328 g/mol. The molecule has 5 atom stereocenters. The minimum atomic E-state index is -0.732. The molecule has 2 aliphatic rings. The van der Waals surface area contributed by atoms with E-state index in [0.717, 1.165) is 51.4 Å². The zero-order valence-electron chi connectivity index (χ0n) is 16.4. The number of carboxylic acid groups (broad SMARTS) is 1. The number of aliphatic hydroxyl groups excluding tert-OH is 2. The van der Waals surface area contributed by atoms with Crippen LogP contribution in [0, 0.1) is 17.3 Å². The Morgan fingerprint density at radius 2 is 2.12 bits per heavy atom. The van der Waals surface area contributed by atoms with Crippen molar-refractivity contribution >= 4 is 5.97 Å². The van der Waals surface area contributed by atoms with Gasteiger partial charge in [0.2, 0.25) is 0 Å². The third-order valence-corrected chi connectivity index (χ3v) is 6.28. The quantitative estimate of drug-likeness (QED) is 0.395. The molecule has 2 saturated carbocycles. The number of allylic oxidation sites excluding steroid dienone is 2. The van der Waals surface area contributed by atoms with Gasteiger partial charge in [-0.05, 0) is 49.9 Å². The molecule has 26 heavy (non-hydrogen) atoms. The van der Waals surface area contributed by atoms with E-state index in [0.29, 0.717) is 12.3 Å². The zero-order valence-corrected chi connectivity index (χ0v) is 16.4. The van der Waals surface area contributed by atoms with Crippen LogP contribution < -0.4 is 0 Å². The highest BCUT2D eigenvalue weighted by atomic mass is 16.4. The molecular formula is C22H36O4. The SMILES string of the molecule is CCCCC[C@H](O)C=C[C@H]1[C@H](O)C[C@]2(C)C/C(=C/CCCC(=O)O)C[C@H]12. The van der Waals surface area contributed by atoms with Crippen LogP contribution in [0.25, 0.3) is 0 Å². The highest BCUT2D eigenvalue weighted by Gasteiger charge is 2.52. The average molecular weight is 365 g/mol. The van der Waals surface area contributed by atoms with Gasteiger partial charge < -0.3 is 15.3 Å². The van der Waals surface area contributed by atoms with Crippen LogP contribution in [0.4, 0.5) is 0 Å². The Kier molecular flexibility index (Phi) is 7.90. The van der Waals surface area contributed by atoms with Crippen molar-refractivity contribution in [3.05, 3.63) is 23.8 Å². The Morgan fingerprint density at radius 1 is 1.35 bits per heavy atom. The van der Waals surface area contributed by atoms with E-state index < -0.39 is 12.1 Å². The summed E-state index contributed by atoms with van der Waals surface area (Å²) in [4.78, 5) is 10.6. The van der Waals surface area contributed by atoms with Gasteiger partial charge in [-0.3, -0.25) is 4.79 Å². The number of hydrogen-bond acceptors (Lipinski definition) is 3. The third kappa shape index (κ3) is 5.68. The Bertz CT molecular complexity index is 524. The van der Waals surface area contributed by atoms with Gasteiger partial charge in [0, 0.05) is 12.3 Å². The van der Waals surface area contributed by atoms with Gasteiger partial charge in [0.05, 0.1) is 12.2 Å². The lowest BCUT2D eigenvalue weighted by molar-refractivity contribution is -0.137. The molecule has 148 valence electrons. The number of unbranched alkanes of at least 4 members (excludes halogenated alkanes) is 3. The van der Waals surface area contributed by atoms with Gasteiger partial charge >= 0.3 is 5.97 Å². The van der Waals surface area contributed by atoms with Gasteiger partial charge in [-0.25, -0.2) is 0 Å². The Hall–Kier alpha value is -1.13. The number of aliphatic hydroxyl groups is 2. The van der Waals surface area contributed by atoms with E-state index in [9.17, 15) is 15.0 Å². The Labute approximate surface area is 158 Å². The molecule has 2 fully saturated rings. The molecule has 0 heterocycles. The monoisotopic (exact) mass is 364 g/mol. The van der Waals surface area contributed by atoms with Crippen LogP contribution in [0.15, 0.2) is 23.8 Å². The molecule has 2 rings (SSSR count). The predicted octanol–water partition coefficient (Wildman–Crippen LogP) is 4.46. The van der Waals surface area contributed by atoms with E-state index in [1.165, 1.54) is 5.57 Å². The van der Waals surface area contributed by atoms with Crippen LogP contribution in [0.3, 0.4) is 0 Å². The molecule has 0 bridgehead atoms. The molecule has 4 nitrogen and oxygen atoms in total. The van der Waals surface area contributed by atoms with Crippen LogP contribution in [0.5, 0.6) is 0 Å². The van der Waals surface area contributed by atoms with E-state index in [4.69, 9.17) is 5.11 Å². The fourth-order valence-electron chi connectivity index (χ4n) is 4.89. The maximum Gasteiger partial charge on any atom is 0.303 e. The third-order valence-electron chi connectivity index (χ3n) is 6.28. The van der Waals surface area contributed by atoms with Crippen molar-refractivity contribution in [1.82, 2.24) is 0 Å². The van der Waals surface area contributed by atoms with Crippen molar-refractivity contribution in [3.8, 4) is 0 Å². The van der Waals surface area contributed by atoms with E-state index in [1.54, 1.807) is 0 Å². The van der Waals surface area contributed by atoms with Crippen molar-refractivity contribution in [2.24, 2.45) is 17.3 Å². The maximum atomic E-state index is 10.6. The number of fused-ring (bicyclic) bond motifs is 1. The zero-order chi connectivity index (χ0) is 19.2. The van der Waals surface area contributed by atoms with Gasteiger partial charge in [0.15, 0.2) is 0 Å². The van der Waals surface area contributed by atoms with Gasteiger partial charge in [0.1, 0.15) is 0 Å². The Balaban J connectivity index is 1.91. The first kappa shape index (κ1) is 21.2. The topological polar surface area (TPSA) is 77.8 Å². The molecule has 3 N–H and O–H groups in total. The largest absolute Gasteiger partial charge is 0.481 e. The fraction of sp³-hybridized carbons (Fsp3) is 0.773. The summed E-state index contributed by atoms with van der Waals surface area (Å²) in [5.41, 5.74) is 1.54. The number of rotatable bonds is 10. The van der Waals surface area contributed by atoms with Crippen LogP contribution in [0.2, 0.25) is 0 Å². The molecule has 0 aromatic rings. The minimum absolute atomic E-state index is 0.116. The molecule has 0 spiro atoms. The molecule has 0 aromatic carbocycles. The standard InChI is InChI=1S/C22H36O4/c1-3-4-5-9-17(23)11-12-18-19-13-16(8-6-7-10-21(25)26)14-22(19,2)15-20(18)24/h8,11-12,17-20,23-24H,3-7,9-10,13-15H2,1-2H3,(H,25,26)/b12-11?,16-8+/t17-,18+,19+,20+,22-/m0/s1. The van der Waals surface area contributed by atoms with E-state index in [-0.39, 0.29) is 23.9 Å². The summed E-state index contributed by atoms with van der Waals surface area (Å²) in [5.74, 6) is -0.197. The number of carbonyl (C=O) groups is 1. The van der Waals surface area contributed by atoms with Crippen LogP contribution in [-0.4, -0.2) is 33.5 Å². The molecule has 0 unspecified atom stereocenters. The Morgan fingerprint density at radius 3 is 2.81 bits per heavy atom. The van der Waals surface area contributed by atoms with E-state index >= 15 is 0 Å². The minimum Gasteiger partial charge on any atom is -0.481 e. The second-order valence-corrected chi connectivity index (χ2v) is 8.59. The van der Waals surface area contributed by atoms with Gasteiger partial charge in [-0.15, -0.1) is 0 Å². The first-order valence-corrected chi connectivity index (χ1v) is 10.3. The molecule has 0 amide bonds. The molecule has 0 saturated heterocycles. The van der Waals surface area contributed by atoms with Gasteiger partial charge in [0.25, 0.3) is 0 Å². The second-order valence-electron chi connectivity index (χ2n) is 8.59. The molecule has 0 radical (unpaired) electrons. The summed E-state index contributed by atoms with van der Waals surface area (Å²) < 4.78 is 0. The van der Waals surface area contributed by atoms with E-state index in [2.05, 4.69) is 26.0 Å². The number of aliphatic carboxylic acids is 1. The smallest absolute Gasteiger partial charge is 0.303 e. The summed E-state index contributed by atoms with van der Waals surface area (Å²) in [6.07, 6.45) is 14.1. The highest BCUT2D eigenvalue weighted by molar-refractivity contribution is 5.66. The first-order chi connectivity index (χ1) is 12.4. The molecule has 4 heteroatoms. The van der Waals surface area contributed by atoms with Crippen molar-refractivity contribution in [2.75, 3.05) is 0 Å². The highest BCUT2D eigenvalue weighted by Crippen LogP contribution is 2.58. The van der Waals surface area contributed by atoms with Gasteiger partial charge in [-0.2, -0.15) is 0 Å². The number of carboxylic acids is 1. The van der Waals surface area contributed by atoms with Crippen molar-refractivity contribution in [2.45, 2.75) is 90.3 Å². The van der Waals surface area contributed by atoms with Crippen LogP contribution in [-0.2, 0) is 4.79 Å². The fourth-order valence-corrected chi connectivity index (χ4v) is 4.89. The van der Waals surface area contributed by atoms with Crippen LogP contribution >= 0.6 is 0 Å². The van der Waals surface area contributed by atoms with E-state index in [1.807, 2.05) is 6.08 Å². The normalized spacial score (nSPS) is 33.8. The summed E-state index contributed by atoms with van der Waals surface area (Å²) in [5, 5.41) is 29.4. The predicted molar refractivity (Wildman–Crippen MR) is 104 cm³/mol. The molecule has 0 aliphatic heterocycles. The lowest BCUT2D eigenvalue weighted by Crippen LogP contribution is -2.19. The van der Waals surface area contributed by atoms with Crippen molar-refractivity contribution < 1.29 is 20.1 Å². The lowest BCUT2D eigenvalue weighted by atomic mass is 9.80. The van der Waals surface area contributed by atoms with Gasteiger partial charge in [-0.1, -0.05) is 56.9 Å². The lowest BCUT2D eigenvalue weighted by Gasteiger charge is -2.24. The summed E-state index contributed by atoms with van der Waals surface area (Å²) in [6, 6.07) is 0. The number of hydrogen-bond donors (Lipinski definition) is 3. The average Bonchev–Trinajstić information content (AvgIpc) is 2.99. The first-order valence-electron chi connectivity index (χ1n) is 10.3. The van der Waals surface area contributed by atoms with Crippen molar-refractivity contribution in [1.29, 1.82) is 0 Å². The summed E-state index contributed by atoms with van der Waals surface area (Å²) in [6.45, 7) is 4.43. The summed E-state index contributed by atoms with van der Waals surface area (Å²) in [7, 11) is 0. The molecule has 0 aromatic heterocycles. The van der Waals surface area contributed by atoms with Crippen molar-refractivity contribution in [3.63, 3.8) is 0 Å². The second kappa shape index (κ2) is 9.70. The van der Waals surface area contributed by atoms with Crippen LogP contribution in [0.1, 0.15) is 78.1 Å². The maximum absolute atomic E-state index is 10.6.